The highest BCUT2D eigenvalue weighted by Gasteiger charge is 2.16. The molecule has 2 aromatic rings. The number of likely N-dealkylation sites (tertiary alicyclic amines) is 1. The standard InChI is InChI=1S/C13H19N5/c1-17-7-2-3-11(10-17)9-15-12-4-5-13-14-6-8-18(13)16-12/h4-6,8,11H,2-3,7,9-10H2,1H3,(H,15,16)/t11-/m1/s1. The number of hydrogen-bond donors (Lipinski definition) is 1. The molecule has 1 N–H and O–H groups in total. The minimum absolute atomic E-state index is 0.726. The lowest BCUT2D eigenvalue weighted by Gasteiger charge is -2.29. The Hall–Kier alpha value is -1.62. The zero-order chi connectivity index (χ0) is 12.4. The van der Waals surface area contributed by atoms with Crippen LogP contribution in [0.2, 0.25) is 0 Å². The molecule has 0 amide bonds. The maximum absolute atomic E-state index is 4.47. The summed E-state index contributed by atoms with van der Waals surface area (Å²) in [6.07, 6.45) is 6.25. The first-order valence-corrected chi connectivity index (χ1v) is 6.54. The van der Waals surface area contributed by atoms with Crippen molar-refractivity contribution in [3.05, 3.63) is 24.5 Å². The van der Waals surface area contributed by atoms with Gasteiger partial charge in [0, 0.05) is 25.5 Å². The Bertz CT molecular complexity index is 521. The third kappa shape index (κ3) is 2.46. The largest absolute Gasteiger partial charge is 0.368 e. The highest BCUT2D eigenvalue weighted by molar-refractivity contribution is 5.43. The van der Waals surface area contributed by atoms with E-state index in [1.807, 2.05) is 18.3 Å². The van der Waals surface area contributed by atoms with Crippen molar-refractivity contribution >= 4 is 11.5 Å². The first-order chi connectivity index (χ1) is 8.81. The molecule has 0 radical (unpaired) electrons. The van der Waals surface area contributed by atoms with Crippen molar-refractivity contribution in [2.75, 3.05) is 32.0 Å². The number of fused-ring (bicyclic) bond motifs is 1. The van der Waals surface area contributed by atoms with Crippen LogP contribution in [0.3, 0.4) is 0 Å². The lowest BCUT2D eigenvalue weighted by atomic mass is 9.98. The van der Waals surface area contributed by atoms with Crippen LogP contribution in [0, 0.1) is 5.92 Å². The normalized spacial score (nSPS) is 21.3. The summed E-state index contributed by atoms with van der Waals surface area (Å²) in [4.78, 5) is 6.59. The second-order valence-corrected chi connectivity index (χ2v) is 5.10. The van der Waals surface area contributed by atoms with Gasteiger partial charge in [-0.2, -0.15) is 0 Å². The third-order valence-corrected chi connectivity index (χ3v) is 3.55. The molecule has 5 nitrogen and oxygen atoms in total. The van der Waals surface area contributed by atoms with Crippen molar-refractivity contribution in [2.45, 2.75) is 12.8 Å². The summed E-state index contributed by atoms with van der Waals surface area (Å²) in [5.41, 5.74) is 0.887. The lowest BCUT2D eigenvalue weighted by molar-refractivity contribution is 0.217. The van der Waals surface area contributed by atoms with E-state index >= 15 is 0 Å². The van der Waals surface area contributed by atoms with Crippen molar-refractivity contribution in [2.24, 2.45) is 5.92 Å². The fourth-order valence-corrected chi connectivity index (χ4v) is 2.60. The molecular weight excluding hydrogens is 226 g/mol. The molecule has 0 unspecified atom stereocenters. The third-order valence-electron chi connectivity index (χ3n) is 3.55. The predicted molar refractivity (Wildman–Crippen MR) is 71.7 cm³/mol. The SMILES string of the molecule is CN1CCC[C@H](CNc2ccc3nccn3n2)C1. The summed E-state index contributed by atoms with van der Waals surface area (Å²) >= 11 is 0. The molecule has 18 heavy (non-hydrogen) atoms. The summed E-state index contributed by atoms with van der Waals surface area (Å²) in [5.74, 6) is 1.65. The van der Waals surface area contributed by atoms with Crippen LogP contribution in [-0.2, 0) is 0 Å². The second kappa shape index (κ2) is 4.94. The van der Waals surface area contributed by atoms with Gasteiger partial charge in [0.1, 0.15) is 5.82 Å². The van der Waals surface area contributed by atoms with Crippen molar-refractivity contribution in [1.29, 1.82) is 0 Å². The number of nitrogens with zero attached hydrogens (tertiary/aromatic N) is 4. The summed E-state index contributed by atoms with van der Waals surface area (Å²) < 4.78 is 1.80. The number of aromatic nitrogens is 3. The molecule has 5 heteroatoms. The molecule has 0 aliphatic carbocycles. The number of anilines is 1. The van der Waals surface area contributed by atoms with E-state index < -0.39 is 0 Å². The minimum Gasteiger partial charge on any atom is -0.368 e. The van der Waals surface area contributed by atoms with E-state index in [2.05, 4.69) is 27.3 Å². The molecule has 3 heterocycles. The molecule has 3 rings (SSSR count). The van der Waals surface area contributed by atoms with E-state index in [0.29, 0.717) is 0 Å². The monoisotopic (exact) mass is 245 g/mol. The number of imidazole rings is 1. The Labute approximate surface area is 107 Å². The summed E-state index contributed by atoms with van der Waals surface area (Å²) in [6.45, 7) is 3.41. The highest BCUT2D eigenvalue weighted by atomic mass is 15.3. The quantitative estimate of drug-likeness (QED) is 0.889. The van der Waals surface area contributed by atoms with Crippen molar-refractivity contribution in [3.63, 3.8) is 0 Å². The molecule has 0 aromatic carbocycles. The Balaban J connectivity index is 1.61. The minimum atomic E-state index is 0.726. The molecule has 1 saturated heterocycles. The van der Waals surface area contributed by atoms with Crippen LogP contribution in [0.15, 0.2) is 24.5 Å². The van der Waals surface area contributed by atoms with Crippen LogP contribution in [0.1, 0.15) is 12.8 Å². The van der Waals surface area contributed by atoms with E-state index in [4.69, 9.17) is 0 Å². The Kier molecular flexibility index (Phi) is 3.15. The van der Waals surface area contributed by atoms with Crippen molar-refractivity contribution < 1.29 is 0 Å². The number of piperidine rings is 1. The molecule has 1 fully saturated rings. The molecule has 0 spiro atoms. The summed E-state index contributed by atoms with van der Waals surface area (Å²) in [5, 5.41) is 7.90. The van der Waals surface area contributed by atoms with Crippen LogP contribution < -0.4 is 5.32 Å². The van der Waals surface area contributed by atoms with Gasteiger partial charge in [0.15, 0.2) is 5.65 Å². The second-order valence-electron chi connectivity index (χ2n) is 5.10. The van der Waals surface area contributed by atoms with Crippen molar-refractivity contribution in [3.8, 4) is 0 Å². The summed E-state index contributed by atoms with van der Waals surface area (Å²) in [6, 6.07) is 3.98. The maximum atomic E-state index is 4.47. The zero-order valence-corrected chi connectivity index (χ0v) is 10.7. The van der Waals surface area contributed by atoms with Gasteiger partial charge < -0.3 is 10.2 Å². The predicted octanol–water partition coefficient (Wildman–Crippen LogP) is 1.48. The average molecular weight is 245 g/mol. The molecule has 0 bridgehead atoms. The number of nitrogens with one attached hydrogen (secondary N) is 1. The van der Waals surface area contributed by atoms with Gasteiger partial charge in [-0.15, -0.1) is 5.10 Å². The van der Waals surface area contributed by atoms with Gasteiger partial charge in [-0.1, -0.05) is 0 Å². The van der Waals surface area contributed by atoms with Crippen LogP contribution in [-0.4, -0.2) is 46.2 Å². The van der Waals surface area contributed by atoms with Crippen LogP contribution in [0.4, 0.5) is 5.82 Å². The average Bonchev–Trinajstić information content (AvgIpc) is 2.84. The van der Waals surface area contributed by atoms with Gasteiger partial charge >= 0.3 is 0 Å². The molecular formula is C13H19N5. The molecule has 0 saturated carbocycles. The Morgan fingerprint density at radius 1 is 1.44 bits per heavy atom. The smallest absolute Gasteiger partial charge is 0.153 e. The van der Waals surface area contributed by atoms with Crippen molar-refractivity contribution in [1.82, 2.24) is 19.5 Å². The topological polar surface area (TPSA) is 45.5 Å². The number of rotatable bonds is 3. The maximum Gasteiger partial charge on any atom is 0.153 e. The van der Waals surface area contributed by atoms with Crippen LogP contribution >= 0.6 is 0 Å². The molecule has 1 aliphatic heterocycles. The fraction of sp³-hybridized carbons (Fsp3) is 0.538. The Morgan fingerprint density at radius 3 is 3.28 bits per heavy atom. The van der Waals surface area contributed by atoms with E-state index in [1.54, 1.807) is 10.7 Å². The van der Waals surface area contributed by atoms with Crippen LogP contribution in [0.25, 0.3) is 5.65 Å². The van der Waals surface area contributed by atoms with Gasteiger partial charge in [-0.3, -0.25) is 0 Å². The fourth-order valence-electron chi connectivity index (χ4n) is 2.60. The highest BCUT2D eigenvalue weighted by Crippen LogP contribution is 2.15. The van der Waals surface area contributed by atoms with Gasteiger partial charge in [0.25, 0.3) is 0 Å². The van der Waals surface area contributed by atoms with E-state index in [0.717, 1.165) is 23.9 Å². The van der Waals surface area contributed by atoms with E-state index in [9.17, 15) is 0 Å². The Morgan fingerprint density at radius 2 is 2.39 bits per heavy atom. The number of hydrogen-bond acceptors (Lipinski definition) is 4. The first-order valence-electron chi connectivity index (χ1n) is 6.54. The summed E-state index contributed by atoms with van der Waals surface area (Å²) in [7, 11) is 2.20. The van der Waals surface area contributed by atoms with E-state index in [1.165, 1.54) is 25.9 Å². The first kappa shape index (κ1) is 11.5. The molecule has 96 valence electrons. The van der Waals surface area contributed by atoms with Gasteiger partial charge in [-0.05, 0) is 44.5 Å². The lowest BCUT2D eigenvalue weighted by Crippen LogP contribution is -2.35. The van der Waals surface area contributed by atoms with Gasteiger partial charge in [0.2, 0.25) is 0 Å². The van der Waals surface area contributed by atoms with Gasteiger partial charge in [-0.25, -0.2) is 9.50 Å². The van der Waals surface area contributed by atoms with E-state index in [-0.39, 0.29) is 0 Å². The zero-order valence-electron chi connectivity index (χ0n) is 10.7. The molecule has 1 atom stereocenters. The molecule has 2 aromatic heterocycles. The molecule has 1 aliphatic rings. The van der Waals surface area contributed by atoms with Gasteiger partial charge in [0.05, 0.1) is 0 Å². The van der Waals surface area contributed by atoms with Crippen LogP contribution in [0.5, 0.6) is 0 Å².